The minimum absolute atomic E-state index is 0.311. The van der Waals surface area contributed by atoms with Crippen LogP contribution in [0.25, 0.3) is 21.9 Å². The van der Waals surface area contributed by atoms with Gasteiger partial charge in [-0.3, -0.25) is 0 Å². The molecule has 0 fully saturated rings. The molecule has 22 heavy (non-hydrogen) atoms. The van der Waals surface area contributed by atoms with Crippen LogP contribution in [0, 0.1) is 6.92 Å². The maximum atomic E-state index is 5.51. The number of benzene rings is 3. The third kappa shape index (κ3) is 2.22. The molecular weight excluding hydrogens is 292 g/mol. The van der Waals surface area contributed by atoms with E-state index in [2.05, 4.69) is 61.7 Å². The quantitative estimate of drug-likeness (QED) is 0.601. The van der Waals surface area contributed by atoms with Gasteiger partial charge in [0.05, 0.1) is 0 Å². The lowest BCUT2D eigenvalue weighted by Gasteiger charge is -2.10. The van der Waals surface area contributed by atoms with Crippen molar-refractivity contribution in [2.75, 3.05) is 13.0 Å². The van der Waals surface area contributed by atoms with Gasteiger partial charge in [-0.25, -0.2) is 0 Å². The van der Waals surface area contributed by atoms with Crippen molar-refractivity contribution >= 4 is 22.5 Å². The minimum atomic E-state index is 0.311. The van der Waals surface area contributed by atoms with Crippen molar-refractivity contribution in [1.29, 1.82) is 0 Å². The van der Waals surface area contributed by atoms with Gasteiger partial charge in [-0.1, -0.05) is 29.8 Å². The van der Waals surface area contributed by atoms with Crippen LogP contribution in [0.3, 0.4) is 0 Å². The molecule has 0 saturated carbocycles. The largest absolute Gasteiger partial charge is 0.454 e. The Hall–Kier alpha value is -2.13. The van der Waals surface area contributed by atoms with E-state index in [1.54, 1.807) is 11.8 Å². The molecule has 0 aliphatic carbocycles. The van der Waals surface area contributed by atoms with Crippen molar-refractivity contribution in [3.63, 3.8) is 0 Å². The van der Waals surface area contributed by atoms with E-state index in [1.807, 2.05) is 0 Å². The highest BCUT2D eigenvalue weighted by Gasteiger charge is 2.16. The fraction of sp³-hybridized carbons (Fsp3) is 0.158. The summed E-state index contributed by atoms with van der Waals surface area (Å²) in [5, 5.41) is 2.40. The Morgan fingerprint density at radius 3 is 2.32 bits per heavy atom. The SMILES string of the molecule is CSc1cc(-c2ccc(C)cc2)cc2cc3c(cc12)OCO3. The van der Waals surface area contributed by atoms with Crippen molar-refractivity contribution < 1.29 is 9.47 Å². The van der Waals surface area contributed by atoms with Crippen molar-refractivity contribution in [2.24, 2.45) is 0 Å². The van der Waals surface area contributed by atoms with E-state index < -0.39 is 0 Å². The second kappa shape index (κ2) is 5.25. The van der Waals surface area contributed by atoms with Crippen LogP contribution < -0.4 is 9.47 Å². The van der Waals surface area contributed by atoms with Gasteiger partial charge in [0.2, 0.25) is 6.79 Å². The summed E-state index contributed by atoms with van der Waals surface area (Å²) in [5.74, 6) is 1.67. The third-order valence-electron chi connectivity index (χ3n) is 4.01. The van der Waals surface area contributed by atoms with Gasteiger partial charge in [0.1, 0.15) is 0 Å². The lowest BCUT2D eigenvalue weighted by molar-refractivity contribution is 0.174. The Kier molecular flexibility index (Phi) is 3.23. The van der Waals surface area contributed by atoms with Crippen molar-refractivity contribution in [1.82, 2.24) is 0 Å². The Balaban J connectivity index is 1.94. The lowest BCUT2D eigenvalue weighted by atomic mass is 10.00. The molecule has 3 heteroatoms. The summed E-state index contributed by atoms with van der Waals surface area (Å²) in [6.45, 7) is 2.42. The Labute approximate surface area is 134 Å². The van der Waals surface area contributed by atoms with E-state index in [4.69, 9.17) is 9.47 Å². The smallest absolute Gasteiger partial charge is 0.231 e. The normalized spacial score (nSPS) is 12.8. The van der Waals surface area contributed by atoms with Gasteiger partial charge in [0.25, 0.3) is 0 Å². The van der Waals surface area contributed by atoms with Crippen LogP contribution >= 0.6 is 11.8 Å². The summed E-state index contributed by atoms with van der Waals surface area (Å²) in [6, 6.07) is 17.3. The number of rotatable bonds is 2. The second-order valence-corrected chi connectivity index (χ2v) is 6.32. The fourth-order valence-corrected chi connectivity index (χ4v) is 3.44. The van der Waals surface area contributed by atoms with E-state index in [0.717, 1.165) is 11.5 Å². The fourth-order valence-electron chi connectivity index (χ4n) is 2.80. The number of aryl methyl sites for hydroxylation is 1. The molecule has 1 aliphatic rings. The predicted octanol–water partition coefficient (Wildman–Crippen LogP) is 5.27. The molecule has 0 radical (unpaired) electrons. The summed E-state index contributed by atoms with van der Waals surface area (Å²) in [7, 11) is 0. The molecule has 0 spiro atoms. The molecule has 0 bridgehead atoms. The van der Waals surface area contributed by atoms with Crippen LogP contribution in [-0.4, -0.2) is 13.0 Å². The van der Waals surface area contributed by atoms with Crippen molar-refractivity contribution in [3.05, 3.63) is 54.1 Å². The van der Waals surface area contributed by atoms with Crippen LogP contribution in [0.4, 0.5) is 0 Å². The maximum absolute atomic E-state index is 5.51. The van der Waals surface area contributed by atoms with Gasteiger partial charge in [0.15, 0.2) is 11.5 Å². The summed E-state index contributed by atoms with van der Waals surface area (Å²) in [5.41, 5.74) is 3.74. The molecule has 0 saturated heterocycles. The first-order chi connectivity index (χ1) is 10.7. The highest BCUT2D eigenvalue weighted by molar-refractivity contribution is 7.98. The zero-order valence-electron chi connectivity index (χ0n) is 12.6. The molecule has 2 nitrogen and oxygen atoms in total. The number of thioether (sulfide) groups is 1. The molecule has 110 valence electrons. The summed E-state index contributed by atoms with van der Waals surface area (Å²) >= 11 is 1.76. The van der Waals surface area contributed by atoms with Crippen molar-refractivity contribution in [3.8, 4) is 22.6 Å². The van der Waals surface area contributed by atoms with Gasteiger partial charge in [-0.2, -0.15) is 0 Å². The van der Waals surface area contributed by atoms with E-state index in [-0.39, 0.29) is 0 Å². The zero-order valence-corrected chi connectivity index (χ0v) is 13.4. The highest BCUT2D eigenvalue weighted by atomic mass is 32.2. The van der Waals surface area contributed by atoms with Crippen LogP contribution in [-0.2, 0) is 0 Å². The molecule has 0 amide bonds. The minimum Gasteiger partial charge on any atom is -0.454 e. The predicted molar refractivity (Wildman–Crippen MR) is 92.0 cm³/mol. The number of hydrogen-bond acceptors (Lipinski definition) is 3. The van der Waals surface area contributed by atoms with E-state index in [9.17, 15) is 0 Å². The highest BCUT2D eigenvalue weighted by Crippen LogP contribution is 2.41. The van der Waals surface area contributed by atoms with Gasteiger partial charge in [0, 0.05) is 4.90 Å². The first kappa shape index (κ1) is 13.5. The first-order valence-corrected chi connectivity index (χ1v) is 8.45. The topological polar surface area (TPSA) is 18.5 Å². The molecule has 0 unspecified atom stereocenters. The molecule has 1 aliphatic heterocycles. The number of hydrogen-bond donors (Lipinski definition) is 0. The first-order valence-electron chi connectivity index (χ1n) is 7.23. The molecule has 0 atom stereocenters. The average molecular weight is 308 g/mol. The standard InChI is InChI=1S/C19H16O2S/c1-12-3-5-13(6-4-12)14-7-15-8-17-18(21-11-20-17)10-16(15)19(9-14)22-2/h3-10H,11H2,1-2H3. The zero-order chi connectivity index (χ0) is 15.1. The van der Waals surface area contributed by atoms with Crippen LogP contribution in [0.15, 0.2) is 53.4 Å². The molecule has 0 N–H and O–H groups in total. The molecule has 1 heterocycles. The third-order valence-corrected chi connectivity index (χ3v) is 4.79. The monoisotopic (exact) mass is 308 g/mol. The Bertz CT molecular complexity index is 853. The molecule has 3 aromatic carbocycles. The van der Waals surface area contributed by atoms with Crippen LogP contribution in [0.5, 0.6) is 11.5 Å². The van der Waals surface area contributed by atoms with E-state index in [0.29, 0.717) is 6.79 Å². The van der Waals surface area contributed by atoms with Gasteiger partial charge in [-0.05, 0) is 59.3 Å². The van der Waals surface area contributed by atoms with Gasteiger partial charge in [-0.15, -0.1) is 11.8 Å². The van der Waals surface area contributed by atoms with E-state index in [1.165, 1.54) is 32.4 Å². The summed E-state index contributed by atoms with van der Waals surface area (Å²) in [4.78, 5) is 1.26. The summed E-state index contributed by atoms with van der Waals surface area (Å²) < 4.78 is 11.0. The number of fused-ring (bicyclic) bond motifs is 2. The average Bonchev–Trinajstić information content (AvgIpc) is 2.99. The van der Waals surface area contributed by atoms with Gasteiger partial charge < -0.3 is 9.47 Å². The van der Waals surface area contributed by atoms with Gasteiger partial charge >= 0.3 is 0 Å². The molecule has 3 aromatic rings. The number of ether oxygens (including phenoxy) is 2. The van der Waals surface area contributed by atoms with Crippen molar-refractivity contribution in [2.45, 2.75) is 11.8 Å². The Morgan fingerprint density at radius 1 is 0.864 bits per heavy atom. The van der Waals surface area contributed by atoms with E-state index >= 15 is 0 Å². The molecular formula is C19H16O2S. The van der Waals surface area contributed by atoms with Crippen LogP contribution in [0.2, 0.25) is 0 Å². The second-order valence-electron chi connectivity index (χ2n) is 5.47. The molecule has 4 rings (SSSR count). The summed E-state index contributed by atoms with van der Waals surface area (Å²) in [6.07, 6.45) is 2.11. The Morgan fingerprint density at radius 2 is 1.59 bits per heavy atom. The maximum Gasteiger partial charge on any atom is 0.231 e. The molecule has 0 aromatic heterocycles. The van der Waals surface area contributed by atoms with Crippen LogP contribution in [0.1, 0.15) is 5.56 Å². The lowest BCUT2D eigenvalue weighted by Crippen LogP contribution is -1.92.